The first kappa shape index (κ1) is 16.9. The maximum Gasteiger partial charge on any atom is 0.156 e. The third-order valence-electron chi connectivity index (χ3n) is 4.07. The van der Waals surface area contributed by atoms with E-state index < -0.39 is 0 Å². The standard InChI is InChI=1S/C16H23Cl2NO2/c1-3-19-6-5-15(20)12(10-19)7-11-8-13(17)16(21-4-2)14(18)9-11/h8-9,12,15,20H,3-7,10H2,1-2H3. The number of aliphatic hydroxyl groups excluding tert-OH is 1. The summed E-state index contributed by atoms with van der Waals surface area (Å²) in [4.78, 5) is 2.37. The summed E-state index contributed by atoms with van der Waals surface area (Å²) in [5, 5.41) is 11.3. The van der Waals surface area contributed by atoms with Gasteiger partial charge in [-0.15, -0.1) is 0 Å². The summed E-state index contributed by atoms with van der Waals surface area (Å²) in [5.74, 6) is 0.771. The maximum atomic E-state index is 10.2. The van der Waals surface area contributed by atoms with Crippen molar-refractivity contribution in [2.75, 3.05) is 26.2 Å². The van der Waals surface area contributed by atoms with E-state index in [-0.39, 0.29) is 12.0 Å². The topological polar surface area (TPSA) is 32.7 Å². The van der Waals surface area contributed by atoms with E-state index in [0.29, 0.717) is 22.4 Å². The SMILES string of the molecule is CCOc1c(Cl)cc(CC2CN(CC)CCC2O)cc1Cl. The molecule has 3 nitrogen and oxygen atoms in total. The minimum Gasteiger partial charge on any atom is -0.491 e. The van der Waals surface area contributed by atoms with Crippen LogP contribution >= 0.6 is 23.2 Å². The molecule has 0 bridgehead atoms. The van der Waals surface area contributed by atoms with Gasteiger partial charge in [-0.1, -0.05) is 30.1 Å². The van der Waals surface area contributed by atoms with Crippen LogP contribution in [-0.4, -0.2) is 42.4 Å². The van der Waals surface area contributed by atoms with Crippen molar-refractivity contribution in [3.8, 4) is 5.75 Å². The molecule has 2 atom stereocenters. The van der Waals surface area contributed by atoms with E-state index in [2.05, 4.69) is 11.8 Å². The predicted molar refractivity (Wildman–Crippen MR) is 87.6 cm³/mol. The molecule has 0 spiro atoms. The molecular weight excluding hydrogens is 309 g/mol. The second-order valence-electron chi connectivity index (χ2n) is 5.54. The second-order valence-corrected chi connectivity index (χ2v) is 6.35. The van der Waals surface area contributed by atoms with Gasteiger partial charge < -0.3 is 14.7 Å². The molecule has 1 fully saturated rings. The molecule has 1 aromatic rings. The van der Waals surface area contributed by atoms with Gasteiger partial charge in [-0.05, 0) is 44.0 Å². The lowest BCUT2D eigenvalue weighted by Gasteiger charge is -2.35. The highest BCUT2D eigenvalue weighted by molar-refractivity contribution is 6.37. The minimum absolute atomic E-state index is 0.226. The number of halogens is 2. The summed E-state index contributed by atoms with van der Waals surface area (Å²) in [6.07, 6.45) is 1.36. The van der Waals surface area contributed by atoms with Gasteiger partial charge in [0, 0.05) is 19.0 Å². The summed E-state index contributed by atoms with van der Waals surface area (Å²) < 4.78 is 5.45. The molecule has 1 aromatic carbocycles. The van der Waals surface area contributed by atoms with Crippen molar-refractivity contribution in [1.29, 1.82) is 0 Å². The lowest BCUT2D eigenvalue weighted by molar-refractivity contribution is 0.0290. The fraction of sp³-hybridized carbons (Fsp3) is 0.625. The van der Waals surface area contributed by atoms with Crippen LogP contribution in [0.25, 0.3) is 0 Å². The lowest BCUT2D eigenvalue weighted by atomic mass is 9.88. The van der Waals surface area contributed by atoms with E-state index in [4.69, 9.17) is 27.9 Å². The van der Waals surface area contributed by atoms with Crippen LogP contribution in [0.15, 0.2) is 12.1 Å². The Balaban J connectivity index is 2.11. The molecule has 1 aliphatic heterocycles. The molecule has 0 aromatic heterocycles. The zero-order valence-corrected chi connectivity index (χ0v) is 14.1. The van der Waals surface area contributed by atoms with Crippen LogP contribution in [0.4, 0.5) is 0 Å². The quantitative estimate of drug-likeness (QED) is 0.894. The molecular formula is C16H23Cl2NO2. The molecule has 0 saturated carbocycles. The van der Waals surface area contributed by atoms with Crippen molar-refractivity contribution >= 4 is 23.2 Å². The van der Waals surface area contributed by atoms with Gasteiger partial charge in [-0.3, -0.25) is 0 Å². The molecule has 1 aliphatic rings. The van der Waals surface area contributed by atoms with E-state index in [1.54, 1.807) is 0 Å². The van der Waals surface area contributed by atoms with Crippen molar-refractivity contribution in [2.24, 2.45) is 5.92 Å². The van der Waals surface area contributed by atoms with Gasteiger partial charge in [0.05, 0.1) is 22.8 Å². The van der Waals surface area contributed by atoms with Gasteiger partial charge in [0.2, 0.25) is 0 Å². The molecule has 2 rings (SSSR count). The van der Waals surface area contributed by atoms with Crippen molar-refractivity contribution in [3.63, 3.8) is 0 Å². The average molecular weight is 332 g/mol. The summed E-state index contributed by atoms with van der Waals surface area (Å²) in [7, 11) is 0. The largest absolute Gasteiger partial charge is 0.491 e. The van der Waals surface area contributed by atoms with Crippen molar-refractivity contribution in [1.82, 2.24) is 4.90 Å². The van der Waals surface area contributed by atoms with Gasteiger partial charge in [0.1, 0.15) is 0 Å². The fourth-order valence-corrected chi connectivity index (χ4v) is 3.54. The molecule has 0 aliphatic carbocycles. The third kappa shape index (κ3) is 4.26. The number of piperidine rings is 1. The highest BCUT2D eigenvalue weighted by Gasteiger charge is 2.27. The van der Waals surface area contributed by atoms with E-state index in [0.717, 1.165) is 38.0 Å². The highest BCUT2D eigenvalue weighted by Crippen LogP contribution is 2.35. The monoisotopic (exact) mass is 331 g/mol. The summed E-state index contributed by atoms with van der Waals surface area (Å²) in [6.45, 7) is 7.50. The van der Waals surface area contributed by atoms with Gasteiger partial charge in [-0.25, -0.2) is 0 Å². The number of ether oxygens (including phenoxy) is 1. The normalized spacial score (nSPS) is 23.3. The molecule has 2 unspecified atom stereocenters. The molecule has 0 amide bonds. The van der Waals surface area contributed by atoms with Crippen LogP contribution in [-0.2, 0) is 6.42 Å². The zero-order valence-electron chi connectivity index (χ0n) is 12.6. The van der Waals surface area contributed by atoms with Crippen LogP contribution in [0.5, 0.6) is 5.75 Å². The lowest BCUT2D eigenvalue weighted by Crippen LogP contribution is -2.43. The number of rotatable bonds is 5. The highest BCUT2D eigenvalue weighted by atomic mass is 35.5. The Kier molecular flexibility index (Phi) is 6.18. The number of benzene rings is 1. The van der Waals surface area contributed by atoms with Crippen LogP contribution in [0.1, 0.15) is 25.8 Å². The molecule has 0 radical (unpaired) electrons. The van der Waals surface area contributed by atoms with Crippen molar-refractivity contribution in [3.05, 3.63) is 27.7 Å². The van der Waals surface area contributed by atoms with Crippen molar-refractivity contribution < 1.29 is 9.84 Å². The first-order chi connectivity index (χ1) is 10.0. The Morgan fingerprint density at radius 3 is 2.52 bits per heavy atom. The van der Waals surface area contributed by atoms with Crippen LogP contribution < -0.4 is 4.74 Å². The van der Waals surface area contributed by atoms with Crippen LogP contribution in [0.3, 0.4) is 0 Å². The summed E-state index contributed by atoms with van der Waals surface area (Å²) in [6, 6.07) is 3.80. The maximum absolute atomic E-state index is 10.2. The molecule has 21 heavy (non-hydrogen) atoms. The molecule has 118 valence electrons. The molecule has 1 heterocycles. The van der Waals surface area contributed by atoms with E-state index >= 15 is 0 Å². The Morgan fingerprint density at radius 2 is 1.95 bits per heavy atom. The number of hydrogen-bond donors (Lipinski definition) is 1. The Labute approximate surface area is 136 Å². The number of likely N-dealkylation sites (tertiary alicyclic amines) is 1. The van der Waals surface area contributed by atoms with E-state index in [1.165, 1.54) is 0 Å². The fourth-order valence-electron chi connectivity index (χ4n) is 2.90. The Bertz CT molecular complexity index is 458. The smallest absolute Gasteiger partial charge is 0.156 e. The predicted octanol–water partition coefficient (Wildman–Crippen LogP) is 3.64. The number of nitrogens with zero attached hydrogens (tertiary/aromatic N) is 1. The van der Waals surface area contributed by atoms with E-state index in [9.17, 15) is 5.11 Å². The first-order valence-electron chi connectivity index (χ1n) is 7.56. The Hall–Kier alpha value is -0.480. The average Bonchev–Trinajstić information content (AvgIpc) is 2.45. The minimum atomic E-state index is -0.253. The van der Waals surface area contributed by atoms with Gasteiger partial charge in [0.15, 0.2) is 5.75 Å². The van der Waals surface area contributed by atoms with E-state index in [1.807, 2.05) is 19.1 Å². The molecule has 1 N–H and O–H groups in total. The first-order valence-corrected chi connectivity index (χ1v) is 8.31. The summed E-state index contributed by atoms with van der Waals surface area (Å²) in [5.41, 5.74) is 1.05. The van der Waals surface area contributed by atoms with Gasteiger partial charge in [-0.2, -0.15) is 0 Å². The summed E-state index contributed by atoms with van der Waals surface area (Å²) >= 11 is 12.5. The number of hydrogen-bond acceptors (Lipinski definition) is 3. The van der Waals surface area contributed by atoms with Gasteiger partial charge in [0.25, 0.3) is 0 Å². The van der Waals surface area contributed by atoms with Crippen molar-refractivity contribution in [2.45, 2.75) is 32.8 Å². The zero-order chi connectivity index (χ0) is 15.4. The third-order valence-corrected chi connectivity index (χ3v) is 4.63. The Morgan fingerprint density at radius 1 is 1.29 bits per heavy atom. The van der Waals surface area contributed by atoms with Gasteiger partial charge >= 0.3 is 0 Å². The van der Waals surface area contributed by atoms with Crippen LogP contribution in [0, 0.1) is 5.92 Å². The molecule has 5 heteroatoms. The number of aliphatic hydroxyl groups is 1. The second kappa shape index (κ2) is 7.68. The van der Waals surface area contributed by atoms with Crippen LogP contribution in [0.2, 0.25) is 10.0 Å². The molecule has 1 saturated heterocycles.